The predicted octanol–water partition coefficient (Wildman–Crippen LogP) is 9.44. The Bertz CT molecular complexity index is 1410. The molecule has 1 amide bonds. The highest BCUT2D eigenvalue weighted by Crippen LogP contribution is 2.78. The van der Waals surface area contributed by atoms with Gasteiger partial charge in [-0.1, -0.05) is 46.8 Å². The molecule has 294 valence electrons. The van der Waals surface area contributed by atoms with Crippen LogP contribution in [0.2, 0.25) is 0 Å². The fourth-order valence-corrected chi connectivity index (χ4v) is 14.7. The Morgan fingerprint density at radius 3 is 2.12 bits per heavy atom. The number of hydrogen-bond acceptors (Lipinski definition) is 5. The van der Waals surface area contributed by atoms with Gasteiger partial charge in [0.1, 0.15) is 6.10 Å². The summed E-state index contributed by atoms with van der Waals surface area (Å²) >= 11 is 0. The first-order valence-corrected chi connectivity index (χ1v) is 21.2. The lowest BCUT2D eigenvalue weighted by atomic mass is 9.32. The summed E-state index contributed by atoms with van der Waals surface area (Å²) < 4.78 is 6.19. The molecular formula is C45H74N2O5. The van der Waals surface area contributed by atoms with Crippen LogP contribution in [0.15, 0.2) is 12.2 Å². The van der Waals surface area contributed by atoms with E-state index >= 15 is 0 Å². The summed E-state index contributed by atoms with van der Waals surface area (Å²) in [5, 5.41) is 13.2. The summed E-state index contributed by atoms with van der Waals surface area (Å²) in [6, 6.07) is 0.948. The molecule has 52 heavy (non-hydrogen) atoms. The van der Waals surface area contributed by atoms with Crippen molar-refractivity contribution >= 4 is 17.8 Å². The first-order chi connectivity index (χ1) is 24.1. The van der Waals surface area contributed by atoms with Crippen molar-refractivity contribution in [2.45, 2.75) is 176 Å². The van der Waals surface area contributed by atoms with Gasteiger partial charge in [0.05, 0.1) is 11.8 Å². The van der Waals surface area contributed by atoms with Crippen LogP contribution < -0.4 is 5.32 Å². The van der Waals surface area contributed by atoms with E-state index in [0.717, 1.165) is 57.8 Å². The van der Waals surface area contributed by atoms with Crippen molar-refractivity contribution in [1.82, 2.24) is 10.2 Å². The average Bonchev–Trinajstić information content (AvgIpc) is 3.42. The van der Waals surface area contributed by atoms with E-state index in [-0.39, 0.29) is 45.6 Å². The third kappa shape index (κ3) is 6.41. The Balaban J connectivity index is 1.20. The molecule has 0 aliphatic heterocycles. The summed E-state index contributed by atoms with van der Waals surface area (Å²) in [7, 11) is 4.36. The maximum Gasteiger partial charge on any atom is 0.309 e. The van der Waals surface area contributed by atoms with Gasteiger partial charge in [0, 0.05) is 23.9 Å². The number of nitrogens with one attached hydrogen (secondary N) is 1. The SMILES string of the molecule is C=C(C)[C@@H]1CC[C@]2(CC(=O)N[C@H]3CC[C@@H](N(C)C)CC3)CC[C@]3(C)[C@H](CC[C@@H]4[C@@]5(C)CC[C@H](OC(=O)CC(C)(C)C(=O)O)C(C)(C)[C@@H]5CC[C@]43C)[C@@H]12. The molecule has 10 atom stereocenters. The molecule has 7 heteroatoms. The van der Waals surface area contributed by atoms with Crippen LogP contribution in [0.4, 0.5) is 0 Å². The van der Waals surface area contributed by atoms with Crippen LogP contribution in [-0.4, -0.2) is 60.1 Å². The van der Waals surface area contributed by atoms with Crippen LogP contribution in [0.3, 0.4) is 0 Å². The Morgan fingerprint density at radius 1 is 0.827 bits per heavy atom. The quantitative estimate of drug-likeness (QED) is 0.182. The largest absolute Gasteiger partial charge is 0.481 e. The van der Waals surface area contributed by atoms with E-state index in [1.54, 1.807) is 13.8 Å². The van der Waals surface area contributed by atoms with E-state index in [0.29, 0.717) is 54.0 Å². The van der Waals surface area contributed by atoms with Crippen LogP contribution >= 0.6 is 0 Å². The Kier molecular flexibility index (Phi) is 10.5. The molecule has 0 radical (unpaired) electrons. The monoisotopic (exact) mass is 723 g/mol. The molecule has 6 saturated carbocycles. The number of carbonyl (C=O) groups excluding carboxylic acids is 2. The van der Waals surface area contributed by atoms with Gasteiger partial charge >= 0.3 is 11.9 Å². The smallest absolute Gasteiger partial charge is 0.309 e. The van der Waals surface area contributed by atoms with Gasteiger partial charge in [-0.3, -0.25) is 14.4 Å². The molecule has 6 rings (SSSR count). The van der Waals surface area contributed by atoms with Crippen molar-refractivity contribution in [1.29, 1.82) is 0 Å². The first-order valence-electron chi connectivity index (χ1n) is 21.2. The molecule has 6 aliphatic carbocycles. The third-order valence-electron chi connectivity index (χ3n) is 17.9. The number of aliphatic carboxylic acids is 1. The fourth-order valence-electron chi connectivity index (χ4n) is 14.7. The van der Waals surface area contributed by atoms with Crippen LogP contribution in [0.25, 0.3) is 0 Å². The van der Waals surface area contributed by atoms with E-state index in [4.69, 9.17) is 4.74 Å². The third-order valence-corrected chi connectivity index (χ3v) is 17.9. The highest BCUT2D eigenvalue weighted by Gasteiger charge is 2.71. The van der Waals surface area contributed by atoms with Crippen LogP contribution in [0.1, 0.15) is 158 Å². The van der Waals surface area contributed by atoms with Crippen molar-refractivity contribution in [2.75, 3.05) is 14.1 Å². The van der Waals surface area contributed by atoms with E-state index in [1.807, 2.05) is 0 Å². The maximum atomic E-state index is 14.0. The minimum Gasteiger partial charge on any atom is -0.481 e. The van der Waals surface area contributed by atoms with Crippen molar-refractivity contribution in [2.24, 2.45) is 62.1 Å². The molecule has 0 aromatic rings. The van der Waals surface area contributed by atoms with E-state index in [1.165, 1.54) is 37.7 Å². The van der Waals surface area contributed by atoms with Gasteiger partial charge in [0.25, 0.3) is 0 Å². The van der Waals surface area contributed by atoms with Crippen LogP contribution in [0, 0.1) is 62.1 Å². The van der Waals surface area contributed by atoms with Gasteiger partial charge in [0.15, 0.2) is 0 Å². The fraction of sp³-hybridized carbons (Fsp3) is 0.889. The summed E-state index contributed by atoms with van der Waals surface area (Å²) in [6.45, 7) is 22.6. The lowest BCUT2D eigenvalue weighted by Gasteiger charge is -2.73. The molecule has 0 aromatic heterocycles. The molecule has 0 unspecified atom stereocenters. The Labute approximate surface area is 316 Å². The number of amides is 1. The molecule has 0 saturated heterocycles. The van der Waals surface area contributed by atoms with Crippen LogP contribution in [0.5, 0.6) is 0 Å². The lowest BCUT2D eigenvalue weighted by Crippen LogP contribution is -2.67. The molecule has 0 aromatic carbocycles. The minimum atomic E-state index is -1.14. The van der Waals surface area contributed by atoms with Gasteiger partial charge < -0.3 is 20.1 Å². The topological polar surface area (TPSA) is 95.9 Å². The zero-order chi connectivity index (χ0) is 38.2. The predicted molar refractivity (Wildman–Crippen MR) is 207 cm³/mol. The Hall–Kier alpha value is -1.89. The van der Waals surface area contributed by atoms with Crippen molar-refractivity contribution in [3.63, 3.8) is 0 Å². The van der Waals surface area contributed by atoms with Crippen molar-refractivity contribution in [3.05, 3.63) is 12.2 Å². The van der Waals surface area contributed by atoms with E-state index < -0.39 is 11.4 Å². The van der Waals surface area contributed by atoms with Gasteiger partial charge in [0.2, 0.25) is 5.91 Å². The first kappa shape index (κ1) is 39.8. The highest BCUT2D eigenvalue weighted by atomic mass is 16.5. The minimum absolute atomic E-state index is 0.0716. The lowest BCUT2D eigenvalue weighted by molar-refractivity contribution is -0.250. The van der Waals surface area contributed by atoms with E-state index in [9.17, 15) is 19.5 Å². The number of carboxylic acid groups (broad SMARTS) is 1. The van der Waals surface area contributed by atoms with E-state index in [2.05, 4.69) is 72.4 Å². The maximum absolute atomic E-state index is 14.0. The van der Waals surface area contributed by atoms with Gasteiger partial charge in [-0.15, -0.1) is 0 Å². The molecule has 6 aliphatic rings. The number of carbonyl (C=O) groups is 3. The number of nitrogens with zero attached hydrogens (tertiary/aromatic N) is 1. The standard InChI is InChI=1S/C45H74N2O5/c1-28(2)31-18-23-45(26-36(48)46-29-12-14-30(15-13-29)47(10)11)25-24-43(8)32(38(31)45)16-17-34-42(7)21-20-35(52-37(49)27-40(3,4)39(50)51)41(5,6)33(42)19-22-44(34,43)9/h29-35,38H,1,12-27H2,2-11H3,(H,46,48)(H,50,51)/t29-,30+,31-,32+,33-,34+,35-,38+,42-,43+,44+,45+/m0/s1. The molecule has 2 N–H and O–H groups in total. The highest BCUT2D eigenvalue weighted by molar-refractivity contribution is 5.81. The number of ether oxygens (including phenoxy) is 1. The summed E-state index contributed by atoms with van der Waals surface area (Å²) in [5.74, 6) is 1.58. The number of esters is 1. The summed E-state index contributed by atoms with van der Waals surface area (Å²) in [4.78, 5) is 41.2. The van der Waals surface area contributed by atoms with Crippen molar-refractivity contribution < 1.29 is 24.2 Å². The number of fused-ring (bicyclic) bond motifs is 7. The second-order valence-corrected chi connectivity index (χ2v) is 21.5. The number of rotatable bonds is 9. The van der Waals surface area contributed by atoms with Gasteiger partial charge in [-0.25, -0.2) is 0 Å². The second-order valence-electron chi connectivity index (χ2n) is 21.5. The number of allylic oxidation sites excluding steroid dienone is 1. The zero-order valence-electron chi connectivity index (χ0n) is 34.7. The summed E-state index contributed by atoms with van der Waals surface area (Å²) in [6.07, 6.45) is 16.2. The second kappa shape index (κ2) is 13.7. The van der Waals surface area contributed by atoms with Gasteiger partial charge in [-0.05, 0) is 176 Å². The molecule has 6 fully saturated rings. The Morgan fingerprint density at radius 2 is 1.50 bits per heavy atom. The number of carboxylic acids is 1. The average molecular weight is 723 g/mol. The summed E-state index contributed by atoms with van der Waals surface area (Å²) in [5.41, 5.74) is 0.621. The normalized spacial score (nSPS) is 44.1. The van der Waals surface area contributed by atoms with Crippen LogP contribution in [-0.2, 0) is 19.1 Å². The molecule has 0 bridgehead atoms. The molecule has 0 spiro atoms. The van der Waals surface area contributed by atoms with Gasteiger partial charge in [-0.2, -0.15) is 0 Å². The number of hydrogen-bond donors (Lipinski definition) is 2. The van der Waals surface area contributed by atoms with Crippen molar-refractivity contribution in [3.8, 4) is 0 Å². The zero-order valence-corrected chi connectivity index (χ0v) is 34.7. The molecule has 0 heterocycles. The molecule has 7 nitrogen and oxygen atoms in total. The molecular weight excluding hydrogens is 649 g/mol.